The van der Waals surface area contributed by atoms with Crippen LogP contribution in [0.4, 0.5) is 0 Å². The summed E-state index contributed by atoms with van der Waals surface area (Å²) in [6.45, 7) is 3.48. The van der Waals surface area contributed by atoms with Crippen molar-refractivity contribution in [1.29, 1.82) is 0 Å². The van der Waals surface area contributed by atoms with Crippen molar-refractivity contribution in [2.75, 3.05) is 27.2 Å². The molecular formula is C8H18N2O2. The van der Waals surface area contributed by atoms with Gasteiger partial charge in [0, 0.05) is 0 Å². The second kappa shape index (κ2) is 7.06. The normalized spacial score (nSPS) is 10.3. The van der Waals surface area contributed by atoms with Gasteiger partial charge >= 0.3 is 0 Å². The van der Waals surface area contributed by atoms with E-state index in [1.165, 1.54) is 7.11 Å². The van der Waals surface area contributed by atoms with Crippen molar-refractivity contribution in [2.24, 2.45) is 0 Å². The Bertz CT molecular complexity index is 128. The molecule has 0 saturated carbocycles. The van der Waals surface area contributed by atoms with E-state index in [4.69, 9.17) is 0 Å². The summed E-state index contributed by atoms with van der Waals surface area (Å²) in [4.78, 5) is 17.4. The van der Waals surface area contributed by atoms with Gasteiger partial charge in [0.05, 0.1) is 13.7 Å². The van der Waals surface area contributed by atoms with E-state index in [1.54, 1.807) is 0 Å². The second-order valence-corrected chi connectivity index (χ2v) is 2.82. The highest BCUT2D eigenvalue weighted by Crippen LogP contribution is 1.90. The molecule has 0 aromatic carbocycles. The molecular weight excluding hydrogens is 156 g/mol. The molecule has 0 aromatic heterocycles. The molecule has 1 amide bonds. The highest BCUT2D eigenvalue weighted by Gasteiger charge is 2.04. The number of hydroxylamine groups is 1. The predicted octanol–water partition coefficient (Wildman–Crippen LogP) is 0.396. The standard InChI is InChI=1S/C8H18N2O2/c1-4-5-6-10(2)7-8(11)9-12-3/h4-7H2,1-3H3,(H,9,11). The molecule has 0 unspecified atom stereocenters. The summed E-state index contributed by atoms with van der Waals surface area (Å²) in [6.07, 6.45) is 2.27. The van der Waals surface area contributed by atoms with E-state index >= 15 is 0 Å². The smallest absolute Gasteiger partial charge is 0.257 e. The number of likely N-dealkylation sites (N-methyl/N-ethyl adjacent to an activating group) is 1. The number of hydrogen-bond acceptors (Lipinski definition) is 3. The van der Waals surface area contributed by atoms with E-state index in [0.29, 0.717) is 6.54 Å². The number of nitrogens with one attached hydrogen (secondary N) is 1. The van der Waals surface area contributed by atoms with Crippen LogP contribution in [-0.4, -0.2) is 38.1 Å². The van der Waals surface area contributed by atoms with Gasteiger partial charge in [0.25, 0.3) is 5.91 Å². The number of hydrogen-bond donors (Lipinski definition) is 1. The molecule has 72 valence electrons. The Balaban J connectivity index is 3.40. The lowest BCUT2D eigenvalue weighted by atomic mass is 10.3. The van der Waals surface area contributed by atoms with Crippen molar-refractivity contribution in [1.82, 2.24) is 10.4 Å². The molecule has 0 radical (unpaired) electrons. The first kappa shape index (κ1) is 11.4. The molecule has 1 N–H and O–H groups in total. The largest absolute Gasteiger partial charge is 0.298 e. The van der Waals surface area contributed by atoms with E-state index in [9.17, 15) is 4.79 Å². The average Bonchev–Trinajstić information content (AvgIpc) is 2.01. The lowest BCUT2D eigenvalue weighted by Crippen LogP contribution is -2.34. The molecule has 4 heteroatoms. The molecule has 0 atom stereocenters. The van der Waals surface area contributed by atoms with Gasteiger partial charge in [-0.1, -0.05) is 13.3 Å². The number of carbonyl (C=O) groups is 1. The summed E-state index contributed by atoms with van der Waals surface area (Å²) in [5.41, 5.74) is 2.27. The van der Waals surface area contributed by atoms with Crippen molar-refractivity contribution in [3.05, 3.63) is 0 Å². The van der Waals surface area contributed by atoms with Crippen LogP contribution in [0.25, 0.3) is 0 Å². The van der Waals surface area contributed by atoms with Crippen LogP contribution in [0.1, 0.15) is 19.8 Å². The summed E-state index contributed by atoms with van der Waals surface area (Å²) in [7, 11) is 3.36. The first-order valence-electron chi connectivity index (χ1n) is 4.21. The van der Waals surface area contributed by atoms with E-state index in [2.05, 4.69) is 17.2 Å². The minimum absolute atomic E-state index is 0.101. The fourth-order valence-corrected chi connectivity index (χ4v) is 0.898. The van der Waals surface area contributed by atoms with Crippen LogP contribution in [0.3, 0.4) is 0 Å². The summed E-state index contributed by atoms with van der Waals surface area (Å²) in [6, 6.07) is 0. The Morgan fingerprint density at radius 2 is 2.25 bits per heavy atom. The van der Waals surface area contributed by atoms with Crippen molar-refractivity contribution in [3.63, 3.8) is 0 Å². The molecule has 0 saturated heterocycles. The summed E-state index contributed by atoms with van der Waals surface area (Å²) >= 11 is 0. The first-order chi connectivity index (χ1) is 5.70. The summed E-state index contributed by atoms with van der Waals surface area (Å²) in [5, 5.41) is 0. The Morgan fingerprint density at radius 3 is 2.75 bits per heavy atom. The zero-order valence-corrected chi connectivity index (χ0v) is 8.09. The third-order valence-corrected chi connectivity index (χ3v) is 1.52. The summed E-state index contributed by atoms with van der Waals surface area (Å²) in [5.74, 6) is -0.101. The van der Waals surface area contributed by atoms with Crippen LogP contribution >= 0.6 is 0 Å². The van der Waals surface area contributed by atoms with Crippen LogP contribution in [-0.2, 0) is 9.63 Å². The molecule has 0 spiro atoms. The Kier molecular flexibility index (Phi) is 6.70. The van der Waals surface area contributed by atoms with E-state index < -0.39 is 0 Å². The second-order valence-electron chi connectivity index (χ2n) is 2.82. The topological polar surface area (TPSA) is 41.6 Å². The van der Waals surface area contributed by atoms with Gasteiger partial charge < -0.3 is 0 Å². The van der Waals surface area contributed by atoms with Gasteiger partial charge in [-0.25, -0.2) is 5.48 Å². The minimum atomic E-state index is -0.101. The Hall–Kier alpha value is -0.610. The molecule has 4 nitrogen and oxygen atoms in total. The van der Waals surface area contributed by atoms with Crippen LogP contribution in [0.5, 0.6) is 0 Å². The van der Waals surface area contributed by atoms with Crippen LogP contribution in [0.15, 0.2) is 0 Å². The van der Waals surface area contributed by atoms with Gasteiger partial charge in [0.15, 0.2) is 0 Å². The van der Waals surface area contributed by atoms with Crippen molar-refractivity contribution >= 4 is 5.91 Å². The highest BCUT2D eigenvalue weighted by molar-refractivity contribution is 5.76. The fourth-order valence-electron chi connectivity index (χ4n) is 0.898. The molecule has 0 heterocycles. The number of carbonyl (C=O) groups excluding carboxylic acids is 1. The monoisotopic (exact) mass is 174 g/mol. The molecule has 0 rings (SSSR count). The number of nitrogens with zero attached hydrogens (tertiary/aromatic N) is 1. The number of amides is 1. The molecule has 0 aliphatic carbocycles. The SMILES string of the molecule is CCCCN(C)CC(=O)NOC. The quantitative estimate of drug-likeness (QED) is 0.592. The molecule has 0 bridgehead atoms. The number of unbranched alkanes of at least 4 members (excludes halogenated alkanes) is 1. The van der Waals surface area contributed by atoms with Gasteiger partial charge in [0.2, 0.25) is 0 Å². The number of rotatable bonds is 6. The van der Waals surface area contributed by atoms with Gasteiger partial charge in [-0.2, -0.15) is 0 Å². The first-order valence-corrected chi connectivity index (χ1v) is 4.21. The maximum atomic E-state index is 10.9. The van der Waals surface area contributed by atoms with Crippen LogP contribution in [0, 0.1) is 0 Å². The maximum Gasteiger partial charge on any atom is 0.257 e. The van der Waals surface area contributed by atoms with Gasteiger partial charge in [-0.15, -0.1) is 0 Å². The zero-order chi connectivity index (χ0) is 9.40. The zero-order valence-electron chi connectivity index (χ0n) is 8.09. The minimum Gasteiger partial charge on any atom is -0.298 e. The fraction of sp³-hybridized carbons (Fsp3) is 0.875. The van der Waals surface area contributed by atoms with Crippen LogP contribution in [0.2, 0.25) is 0 Å². The molecule has 0 aliphatic heterocycles. The molecule has 0 aromatic rings. The van der Waals surface area contributed by atoms with E-state index in [0.717, 1.165) is 19.4 Å². The van der Waals surface area contributed by atoms with E-state index in [1.807, 2.05) is 11.9 Å². The lowest BCUT2D eigenvalue weighted by Gasteiger charge is -2.14. The van der Waals surface area contributed by atoms with Gasteiger partial charge in [-0.05, 0) is 20.0 Å². The molecule has 0 aliphatic rings. The van der Waals surface area contributed by atoms with Crippen molar-refractivity contribution in [3.8, 4) is 0 Å². The van der Waals surface area contributed by atoms with E-state index in [-0.39, 0.29) is 5.91 Å². The maximum absolute atomic E-state index is 10.9. The predicted molar refractivity (Wildman–Crippen MR) is 47.6 cm³/mol. The highest BCUT2D eigenvalue weighted by atomic mass is 16.6. The van der Waals surface area contributed by atoms with Gasteiger partial charge in [-0.3, -0.25) is 14.5 Å². The average molecular weight is 174 g/mol. The third-order valence-electron chi connectivity index (χ3n) is 1.52. The molecule has 0 fully saturated rings. The summed E-state index contributed by atoms with van der Waals surface area (Å²) < 4.78 is 0. The van der Waals surface area contributed by atoms with Crippen molar-refractivity contribution in [2.45, 2.75) is 19.8 Å². The van der Waals surface area contributed by atoms with Crippen LogP contribution < -0.4 is 5.48 Å². The lowest BCUT2D eigenvalue weighted by molar-refractivity contribution is -0.132. The Labute approximate surface area is 73.8 Å². The van der Waals surface area contributed by atoms with Crippen molar-refractivity contribution < 1.29 is 9.63 Å². The Morgan fingerprint density at radius 1 is 1.58 bits per heavy atom. The third kappa shape index (κ3) is 6.12. The molecule has 12 heavy (non-hydrogen) atoms. The van der Waals surface area contributed by atoms with Gasteiger partial charge in [0.1, 0.15) is 0 Å².